The Labute approximate surface area is 219 Å². The third kappa shape index (κ3) is 5.32. The molecule has 0 unspecified atom stereocenters. The quantitative estimate of drug-likeness (QED) is 0.365. The molecular formula is C29H30F3N5O. The van der Waals surface area contributed by atoms with E-state index >= 15 is 0 Å². The van der Waals surface area contributed by atoms with Gasteiger partial charge < -0.3 is 15.1 Å². The predicted octanol–water partition coefficient (Wildman–Crippen LogP) is 5.48. The molecule has 2 aromatic heterocycles. The van der Waals surface area contributed by atoms with Gasteiger partial charge in [0.05, 0.1) is 11.3 Å². The van der Waals surface area contributed by atoms with Gasteiger partial charge in [-0.2, -0.15) is 13.2 Å². The van der Waals surface area contributed by atoms with Gasteiger partial charge in [0.2, 0.25) is 0 Å². The standard InChI is InChI=1S/C29H30F3N5O/c1-3-25-27(37-19-22(29(30,31)32)8-13-26(37)34-25)28(38)33-18-21-6-11-24(12-7-21)36-16-14-35(15-17-36)23-9-4-20(2)5-10-23/h4-13,19H,3,14-18H2,1-2H3,(H,33,38). The van der Waals surface area contributed by atoms with Crippen molar-refractivity contribution in [1.29, 1.82) is 0 Å². The van der Waals surface area contributed by atoms with Crippen LogP contribution in [0.4, 0.5) is 24.5 Å². The monoisotopic (exact) mass is 521 g/mol. The Hall–Kier alpha value is -4.01. The Morgan fingerprint density at radius 1 is 0.895 bits per heavy atom. The number of hydrogen-bond donors (Lipinski definition) is 1. The van der Waals surface area contributed by atoms with Gasteiger partial charge in [0.15, 0.2) is 0 Å². The van der Waals surface area contributed by atoms with Gasteiger partial charge in [-0.25, -0.2) is 4.98 Å². The van der Waals surface area contributed by atoms with E-state index < -0.39 is 17.6 Å². The van der Waals surface area contributed by atoms with Crippen molar-refractivity contribution in [3.05, 3.63) is 94.9 Å². The van der Waals surface area contributed by atoms with Crippen LogP contribution in [0.25, 0.3) is 5.65 Å². The lowest BCUT2D eigenvalue weighted by Crippen LogP contribution is -2.46. The lowest BCUT2D eigenvalue weighted by Gasteiger charge is -2.37. The number of imidazole rings is 1. The molecule has 0 spiro atoms. The smallest absolute Gasteiger partial charge is 0.368 e. The number of piperazine rings is 1. The fourth-order valence-corrected chi connectivity index (χ4v) is 4.82. The number of carbonyl (C=O) groups is 1. The number of carbonyl (C=O) groups excluding carboxylic acids is 1. The van der Waals surface area contributed by atoms with E-state index in [1.54, 1.807) is 0 Å². The van der Waals surface area contributed by atoms with Crippen LogP contribution in [0.2, 0.25) is 0 Å². The first kappa shape index (κ1) is 25.6. The normalized spacial score (nSPS) is 14.2. The van der Waals surface area contributed by atoms with Crippen molar-refractivity contribution in [3.8, 4) is 0 Å². The highest BCUT2D eigenvalue weighted by molar-refractivity contribution is 5.94. The highest BCUT2D eigenvalue weighted by atomic mass is 19.4. The molecule has 0 atom stereocenters. The number of aromatic nitrogens is 2. The zero-order chi connectivity index (χ0) is 26.9. The number of anilines is 2. The van der Waals surface area contributed by atoms with Crippen molar-refractivity contribution in [2.45, 2.75) is 33.0 Å². The van der Waals surface area contributed by atoms with Crippen LogP contribution in [0.1, 0.15) is 39.8 Å². The third-order valence-corrected chi connectivity index (χ3v) is 7.00. The Bertz CT molecular complexity index is 1420. The molecule has 0 saturated carbocycles. The number of nitrogens with zero attached hydrogens (tertiary/aromatic N) is 4. The van der Waals surface area contributed by atoms with E-state index in [1.165, 1.54) is 21.7 Å². The van der Waals surface area contributed by atoms with Crippen molar-refractivity contribution in [2.24, 2.45) is 0 Å². The minimum atomic E-state index is -4.51. The first-order valence-electron chi connectivity index (χ1n) is 12.7. The number of fused-ring (bicyclic) bond motifs is 1. The fraction of sp³-hybridized carbons (Fsp3) is 0.310. The lowest BCUT2D eigenvalue weighted by atomic mass is 10.1. The van der Waals surface area contributed by atoms with Crippen molar-refractivity contribution >= 4 is 22.9 Å². The van der Waals surface area contributed by atoms with Gasteiger partial charge in [-0.05, 0) is 55.3 Å². The number of benzene rings is 2. The molecule has 4 aromatic rings. The summed E-state index contributed by atoms with van der Waals surface area (Å²) in [4.78, 5) is 22.1. The number of pyridine rings is 1. The summed E-state index contributed by atoms with van der Waals surface area (Å²) in [7, 11) is 0. The number of rotatable bonds is 6. The van der Waals surface area contributed by atoms with Crippen LogP contribution in [-0.2, 0) is 19.1 Å². The Morgan fingerprint density at radius 3 is 2.03 bits per heavy atom. The average molecular weight is 522 g/mol. The summed E-state index contributed by atoms with van der Waals surface area (Å²) in [6.07, 6.45) is -3.14. The molecule has 1 saturated heterocycles. The molecule has 1 N–H and O–H groups in total. The van der Waals surface area contributed by atoms with Crippen LogP contribution in [0.5, 0.6) is 0 Å². The van der Waals surface area contributed by atoms with E-state index in [0.29, 0.717) is 17.8 Å². The average Bonchev–Trinajstić information content (AvgIpc) is 3.30. The number of nitrogens with one attached hydrogen (secondary N) is 1. The van der Waals surface area contributed by atoms with Gasteiger partial charge in [0, 0.05) is 50.3 Å². The van der Waals surface area contributed by atoms with Crippen LogP contribution in [-0.4, -0.2) is 41.5 Å². The maximum absolute atomic E-state index is 13.2. The second-order valence-corrected chi connectivity index (χ2v) is 9.56. The number of aryl methyl sites for hydroxylation is 2. The van der Waals surface area contributed by atoms with E-state index in [9.17, 15) is 18.0 Å². The third-order valence-electron chi connectivity index (χ3n) is 7.00. The summed E-state index contributed by atoms with van der Waals surface area (Å²) in [5, 5.41) is 2.85. The van der Waals surface area contributed by atoms with E-state index in [1.807, 2.05) is 31.2 Å². The molecule has 1 aliphatic rings. The van der Waals surface area contributed by atoms with Gasteiger partial charge >= 0.3 is 6.18 Å². The molecule has 0 aliphatic carbocycles. The molecule has 3 heterocycles. The molecular weight excluding hydrogens is 491 g/mol. The summed E-state index contributed by atoms with van der Waals surface area (Å²) in [6.45, 7) is 7.88. The molecule has 9 heteroatoms. The Balaban J connectivity index is 1.22. The lowest BCUT2D eigenvalue weighted by molar-refractivity contribution is -0.137. The van der Waals surface area contributed by atoms with Crippen molar-refractivity contribution in [2.75, 3.05) is 36.0 Å². The Kier molecular flexibility index (Phi) is 7.01. The SMILES string of the molecule is CCc1nc2ccc(C(F)(F)F)cn2c1C(=O)NCc1ccc(N2CCN(c3ccc(C)cc3)CC2)cc1. The molecule has 1 aliphatic heterocycles. The zero-order valence-electron chi connectivity index (χ0n) is 21.4. The summed E-state index contributed by atoms with van der Waals surface area (Å²) in [5.74, 6) is -0.454. The maximum atomic E-state index is 13.2. The van der Waals surface area contributed by atoms with Crippen LogP contribution >= 0.6 is 0 Å². The van der Waals surface area contributed by atoms with E-state index in [-0.39, 0.29) is 12.2 Å². The molecule has 5 rings (SSSR count). The van der Waals surface area contributed by atoms with E-state index in [4.69, 9.17) is 0 Å². The summed E-state index contributed by atoms with van der Waals surface area (Å²) < 4.78 is 41.0. The molecule has 0 radical (unpaired) electrons. The molecule has 38 heavy (non-hydrogen) atoms. The summed E-state index contributed by atoms with van der Waals surface area (Å²) in [6, 6.07) is 18.9. The fourth-order valence-electron chi connectivity index (χ4n) is 4.82. The highest BCUT2D eigenvalue weighted by Crippen LogP contribution is 2.30. The van der Waals surface area contributed by atoms with Gasteiger partial charge in [-0.15, -0.1) is 0 Å². The van der Waals surface area contributed by atoms with E-state index in [2.05, 4.69) is 51.3 Å². The molecule has 1 fully saturated rings. The van der Waals surface area contributed by atoms with Crippen molar-refractivity contribution in [3.63, 3.8) is 0 Å². The number of amides is 1. The van der Waals surface area contributed by atoms with E-state index in [0.717, 1.165) is 49.7 Å². The first-order valence-corrected chi connectivity index (χ1v) is 12.7. The van der Waals surface area contributed by atoms with Crippen LogP contribution in [0, 0.1) is 6.92 Å². The largest absolute Gasteiger partial charge is 0.417 e. The number of hydrogen-bond acceptors (Lipinski definition) is 4. The topological polar surface area (TPSA) is 52.9 Å². The highest BCUT2D eigenvalue weighted by Gasteiger charge is 2.32. The minimum Gasteiger partial charge on any atom is -0.368 e. The maximum Gasteiger partial charge on any atom is 0.417 e. The molecule has 1 amide bonds. The molecule has 0 bridgehead atoms. The van der Waals surface area contributed by atoms with Crippen LogP contribution in [0.3, 0.4) is 0 Å². The van der Waals surface area contributed by atoms with Crippen molar-refractivity contribution in [1.82, 2.24) is 14.7 Å². The van der Waals surface area contributed by atoms with Gasteiger partial charge in [-0.1, -0.05) is 36.8 Å². The van der Waals surface area contributed by atoms with Gasteiger partial charge in [0.25, 0.3) is 5.91 Å². The van der Waals surface area contributed by atoms with Gasteiger partial charge in [-0.3, -0.25) is 9.20 Å². The second kappa shape index (κ2) is 10.4. The predicted molar refractivity (Wildman–Crippen MR) is 143 cm³/mol. The van der Waals surface area contributed by atoms with Crippen molar-refractivity contribution < 1.29 is 18.0 Å². The van der Waals surface area contributed by atoms with Crippen LogP contribution < -0.4 is 15.1 Å². The Morgan fingerprint density at radius 2 is 1.47 bits per heavy atom. The van der Waals surface area contributed by atoms with Gasteiger partial charge in [0.1, 0.15) is 11.3 Å². The minimum absolute atomic E-state index is 0.136. The second-order valence-electron chi connectivity index (χ2n) is 9.56. The first-order chi connectivity index (χ1) is 18.2. The number of halogens is 3. The summed E-state index contributed by atoms with van der Waals surface area (Å²) in [5.41, 5.74) is 4.61. The molecule has 6 nitrogen and oxygen atoms in total. The summed E-state index contributed by atoms with van der Waals surface area (Å²) >= 11 is 0. The molecule has 2 aromatic carbocycles. The van der Waals surface area contributed by atoms with Crippen LogP contribution in [0.15, 0.2) is 66.9 Å². The number of alkyl halides is 3. The zero-order valence-corrected chi connectivity index (χ0v) is 21.4. The molecule has 198 valence electrons.